The Morgan fingerprint density at radius 1 is 1.10 bits per heavy atom. The molecule has 0 aliphatic heterocycles. The topological polar surface area (TPSA) is 107 Å². The molecule has 210 valence electrons. The summed E-state index contributed by atoms with van der Waals surface area (Å²) < 4.78 is 48.8. The molecule has 2 aromatic carbocycles. The van der Waals surface area contributed by atoms with Crippen LogP contribution in [0.25, 0.3) is 0 Å². The maximum Gasteiger partial charge on any atom is 0.573 e. The lowest BCUT2D eigenvalue weighted by molar-refractivity contribution is -0.274. The molecule has 9 nitrogen and oxygen atoms in total. The van der Waals surface area contributed by atoms with E-state index in [-0.39, 0.29) is 50.0 Å². The van der Waals surface area contributed by atoms with E-state index in [1.54, 1.807) is 30.3 Å². The zero-order valence-electron chi connectivity index (χ0n) is 21.1. The van der Waals surface area contributed by atoms with Gasteiger partial charge in [-0.1, -0.05) is 35.9 Å². The van der Waals surface area contributed by atoms with Gasteiger partial charge in [0.1, 0.15) is 11.4 Å². The van der Waals surface area contributed by atoms with Crippen LogP contribution in [0.15, 0.2) is 63.1 Å². The molecule has 39 heavy (non-hydrogen) atoms. The SMILES string of the molecule is Cn1c(/N=C/OCCCc2cccc(OC(F)(F)F)c2)c(NCc2ccc(Cl)cc2)c(=O)n(CCCO)c1=O. The molecule has 0 radical (unpaired) electrons. The normalized spacial score (nSPS) is 11.6. The Kier molecular flexibility index (Phi) is 10.6. The summed E-state index contributed by atoms with van der Waals surface area (Å²) in [4.78, 5) is 30.1. The summed E-state index contributed by atoms with van der Waals surface area (Å²) in [5.74, 6) is -0.244. The van der Waals surface area contributed by atoms with Crippen molar-refractivity contribution in [3.05, 3.63) is 85.5 Å². The van der Waals surface area contributed by atoms with E-state index in [4.69, 9.17) is 21.4 Å². The molecule has 13 heteroatoms. The standard InChI is InChI=1S/C26H28ClF3N4O5/c1-33-23(32-17-38-14-3-6-18-5-2-7-21(15-18)39-26(28,29)30)22(24(36)34(25(33)37)12-4-13-35)31-16-19-8-10-20(27)11-9-19/h2,5,7-11,15,17,31,35H,3-4,6,12-14,16H2,1H3/b32-17+. The first kappa shape index (κ1) is 29.8. The fraction of sp³-hybridized carbons (Fsp3) is 0.346. The number of hydrogen-bond donors (Lipinski definition) is 2. The Balaban J connectivity index is 1.70. The van der Waals surface area contributed by atoms with Crippen molar-refractivity contribution in [2.24, 2.45) is 12.0 Å². The Morgan fingerprint density at radius 2 is 1.85 bits per heavy atom. The summed E-state index contributed by atoms with van der Waals surface area (Å²) in [6.45, 7) is 0.290. The van der Waals surface area contributed by atoms with Crippen LogP contribution in [0, 0.1) is 0 Å². The van der Waals surface area contributed by atoms with Gasteiger partial charge >= 0.3 is 12.1 Å². The fourth-order valence-electron chi connectivity index (χ4n) is 3.68. The summed E-state index contributed by atoms with van der Waals surface area (Å²) in [5, 5.41) is 12.8. The Labute approximate surface area is 227 Å². The van der Waals surface area contributed by atoms with Gasteiger partial charge in [-0.25, -0.2) is 9.79 Å². The number of aliphatic hydroxyl groups is 1. The highest BCUT2D eigenvalue weighted by atomic mass is 35.5. The largest absolute Gasteiger partial charge is 0.573 e. The van der Waals surface area contributed by atoms with Crippen molar-refractivity contribution in [3.63, 3.8) is 0 Å². The number of aromatic nitrogens is 2. The average Bonchev–Trinajstić information content (AvgIpc) is 2.88. The van der Waals surface area contributed by atoms with E-state index in [2.05, 4.69) is 15.0 Å². The first-order valence-corrected chi connectivity index (χ1v) is 12.4. The van der Waals surface area contributed by atoms with E-state index in [1.165, 1.54) is 29.8 Å². The van der Waals surface area contributed by atoms with Crippen LogP contribution in [0.5, 0.6) is 5.75 Å². The number of alkyl halides is 3. The van der Waals surface area contributed by atoms with Gasteiger partial charge in [-0.2, -0.15) is 0 Å². The summed E-state index contributed by atoms with van der Waals surface area (Å²) in [7, 11) is 1.47. The molecule has 0 bridgehead atoms. The third kappa shape index (κ3) is 8.89. The second-order valence-corrected chi connectivity index (χ2v) is 8.89. The highest BCUT2D eigenvalue weighted by molar-refractivity contribution is 6.30. The van der Waals surface area contributed by atoms with E-state index in [0.29, 0.717) is 23.4 Å². The van der Waals surface area contributed by atoms with Gasteiger partial charge < -0.3 is 19.9 Å². The molecule has 0 spiro atoms. The van der Waals surface area contributed by atoms with Crippen molar-refractivity contribution in [2.45, 2.75) is 38.7 Å². The molecular formula is C26H28ClF3N4O5. The minimum absolute atomic E-state index is 0.0351. The minimum atomic E-state index is -4.76. The maximum atomic E-state index is 13.1. The molecule has 0 unspecified atom stereocenters. The molecule has 2 N–H and O–H groups in total. The van der Waals surface area contributed by atoms with Gasteiger partial charge in [-0.05, 0) is 54.7 Å². The van der Waals surface area contributed by atoms with Crippen molar-refractivity contribution in [1.29, 1.82) is 0 Å². The first-order valence-electron chi connectivity index (χ1n) is 12.0. The van der Waals surface area contributed by atoms with Crippen molar-refractivity contribution in [1.82, 2.24) is 9.13 Å². The second kappa shape index (κ2) is 13.9. The zero-order chi connectivity index (χ0) is 28.4. The van der Waals surface area contributed by atoms with Gasteiger partial charge in [0, 0.05) is 31.8 Å². The second-order valence-electron chi connectivity index (χ2n) is 8.46. The van der Waals surface area contributed by atoms with E-state index in [0.717, 1.165) is 16.5 Å². The summed E-state index contributed by atoms with van der Waals surface area (Å²) in [6, 6.07) is 12.7. The van der Waals surface area contributed by atoms with Crippen LogP contribution in [0.1, 0.15) is 24.0 Å². The molecule has 1 aromatic heterocycles. The number of aliphatic imine (C=N–C) groups is 1. The zero-order valence-corrected chi connectivity index (χ0v) is 21.8. The van der Waals surface area contributed by atoms with Crippen molar-refractivity contribution < 1.29 is 27.8 Å². The monoisotopic (exact) mass is 568 g/mol. The Morgan fingerprint density at radius 3 is 2.54 bits per heavy atom. The molecule has 0 amide bonds. The predicted molar refractivity (Wildman–Crippen MR) is 142 cm³/mol. The molecule has 0 saturated heterocycles. The first-order chi connectivity index (χ1) is 18.6. The van der Waals surface area contributed by atoms with Crippen LogP contribution in [-0.2, 0) is 31.3 Å². The molecule has 1 heterocycles. The minimum Gasteiger partial charge on any atom is -0.483 e. The number of ether oxygens (including phenoxy) is 2. The molecule has 0 fully saturated rings. The lowest BCUT2D eigenvalue weighted by Crippen LogP contribution is -2.40. The third-order valence-electron chi connectivity index (χ3n) is 5.55. The smallest absolute Gasteiger partial charge is 0.483 e. The molecule has 0 atom stereocenters. The lowest BCUT2D eigenvalue weighted by atomic mass is 10.1. The number of nitrogens with zero attached hydrogens (tertiary/aromatic N) is 3. The average molecular weight is 569 g/mol. The quantitative estimate of drug-likeness (QED) is 0.180. The van der Waals surface area contributed by atoms with E-state index in [9.17, 15) is 22.8 Å². The van der Waals surface area contributed by atoms with Crippen LogP contribution in [-0.4, -0.2) is 40.2 Å². The number of benzene rings is 2. The number of rotatable bonds is 13. The number of anilines is 1. The van der Waals surface area contributed by atoms with E-state index < -0.39 is 17.6 Å². The number of hydrogen-bond acceptors (Lipinski definition) is 7. The van der Waals surface area contributed by atoms with Gasteiger partial charge in [0.25, 0.3) is 5.56 Å². The molecule has 0 aliphatic rings. The summed E-state index contributed by atoms with van der Waals surface area (Å²) in [6.07, 6.45) is -2.53. The van der Waals surface area contributed by atoms with Gasteiger partial charge in [-0.15, -0.1) is 13.2 Å². The number of aryl methyl sites for hydroxylation is 1. The summed E-state index contributed by atoms with van der Waals surface area (Å²) >= 11 is 5.93. The van der Waals surface area contributed by atoms with Crippen molar-refractivity contribution >= 4 is 29.5 Å². The molecule has 0 saturated carbocycles. The molecule has 0 aliphatic carbocycles. The van der Waals surface area contributed by atoms with Crippen LogP contribution >= 0.6 is 11.6 Å². The molecular weight excluding hydrogens is 541 g/mol. The van der Waals surface area contributed by atoms with Gasteiger partial charge in [-0.3, -0.25) is 13.9 Å². The number of aliphatic hydroxyl groups excluding tert-OH is 1. The lowest BCUT2D eigenvalue weighted by Gasteiger charge is -2.15. The Bertz CT molecular complexity index is 1390. The van der Waals surface area contributed by atoms with E-state index >= 15 is 0 Å². The van der Waals surface area contributed by atoms with Gasteiger partial charge in [0.05, 0.1) is 6.61 Å². The van der Waals surface area contributed by atoms with Crippen molar-refractivity contribution in [2.75, 3.05) is 18.5 Å². The van der Waals surface area contributed by atoms with Crippen molar-refractivity contribution in [3.8, 4) is 5.75 Å². The molecule has 3 rings (SSSR count). The Hall–Kier alpha value is -3.77. The van der Waals surface area contributed by atoms with E-state index in [1.807, 2.05) is 0 Å². The van der Waals surface area contributed by atoms with Gasteiger partial charge in [0.2, 0.25) is 0 Å². The van der Waals surface area contributed by atoms with Crippen LogP contribution in [0.4, 0.5) is 24.7 Å². The van der Waals surface area contributed by atoms with Crippen LogP contribution in [0.3, 0.4) is 0 Å². The highest BCUT2D eigenvalue weighted by Gasteiger charge is 2.31. The number of nitrogens with one attached hydrogen (secondary N) is 1. The summed E-state index contributed by atoms with van der Waals surface area (Å²) in [5.41, 5.74) is 0.365. The predicted octanol–water partition coefficient (Wildman–Crippen LogP) is 4.40. The fourth-order valence-corrected chi connectivity index (χ4v) is 3.81. The van der Waals surface area contributed by atoms with Crippen LogP contribution in [0.2, 0.25) is 5.02 Å². The molecule has 3 aromatic rings. The van der Waals surface area contributed by atoms with Gasteiger partial charge in [0.15, 0.2) is 12.2 Å². The highest BCUT2D eigenvalue weighted by Crippen LogP contribution is 2.24. The number of halogens is 4. The third-order valence-corrected chi connectivity index (χ3v) is 5.80. The van der Waals surface area contributed by atoms with Crippen LogP contribution < -0.4 is 21.3 Å². The maximum absolute atomic E-state index is 13.1.